The van der Waals surface area contributed by atoms with Crippen LogP contribution in [0.3, 0.4) is 0 Å². The van der Waals surface area contributed by atoms with Gasteiger partial charge < -0.3 is 16.3 Å². The molecule has 1 rings (SSSR count). The molecule has 12 heavy (non-hydrogen) atoms. The molecule has 5 N–H and O–H groups in total. The average molecular weight is 197 g/mol. The van der Waals surface area contributed by atoms with E-state index in [0.717, 1.165) is 11.8 Å². The summed E-state index contributed by atoms with van der Waals surface area (Å²) in [5, 5.41) is 3.35. The fourth-order valence-corrected chi connectivity index (χ4v) is 1.25. The normalized spacial score (nSPS) is 20.2. The van der Waals surface area contributed by atoms with E-state index in [9.17, 15) is 0 Å². The molecule has 0 aromatic heterocycles. The Balaban J connectivity index is -0.000000189. The van der Waals surface area contributed by atoms with Crippen LogP contribution >= 0.6 is 12.6 Å². The lowest BCUT2D eigenvalue weighted by atomic mass is 9.96. The van der Waals surface area contributed by atoms with E-state index in [1.807, 2.05) is 0 Å². The molecule has 78 valence electrons. The Morgan fingerprint density at radius 3 is 1.92 bits per heavy atom. The van der Waals surface area contributed by atoms with Gasteiger partial charge in [0, 0.05) is 0 Å². The Bertz CT molecular complexity index is 75.5. The summed E-state index contributed by atoms with van der Waals surface area (Å²) in [5.74, 6) is 1.83. The quantitative estimate of drug-likeness (QED) is 0.577. The third-order valence-electron chi connectivity index (χ3n) is 2.04. The van der Waals surface area contributed by atoms with E-state index in [0.29, 0.717) is 0 Å². The molecule has 3 nitrogen and oxygen atoms in total. The van der Waals surface area contributed by atoms with Crippen molar-refractivity contribution in [2.45, 2.75) is 20.3 Å². The highest BCUT2D eigenvalue weighted by atomic mass is 32.1. The molecule has 0 amide bonds. The monoisotopic (exact) mass is 197 g/mol. The number of rotatable bonds is 1. The Kier molecular flexibility index (Phi) is 16.9. The molecule has 1 unspecified atom stereocenters. The van der Waals surface area contributed by atoms with Crippen LogP contribution in [-0.4, -0.2) is 30.3 Å². The van der Waals surface area contributed by atoms with Gasteiger partial charge in [-0.2, -0.15) is 12.6 Å². The van der Waals surface area contributed by atoms with E-state index in [-0.39, 0.29) is 11.0 Å². The van der Waals surface area contributed by atoms with Crippen LogP contribution in [0.25, 0.3) is 0 Å². The van der Waals surface area contributed by atoms with Crippen LogP contribution in [0.15, 0.2) is 0 Å². The molecule has 0 aliphatic carbocycles. The Morgan fingerprint density at radius 2 is 1.75 bits per heavy atom. The van der Waals surface area contributed by atoms with Gasteiger partial charge in [-0.1, -0.05) is 13.8 Å². The molecule has 0 aromatic carbocycles. The Labute approximate surface area is 81.0 Å². The first-order valence-corrected chi connectivity index (χ1v) is 4.85. The van der Waals surface area contributed by atoms with Crippen LogP contribution < -0.4 is 5.32 Å². The fraction of sp³-hybridized carbons (Fsp3) is 1.00. The van der Waals surface area contributed by atoms with Gasteiger partial charge in [0.25, 0.3) is 0 Å². The second-order valence-corrected chi connectivity index (χ2v) is 3.00. The molecule has 1 saturated heterocycles. The third kappa shape index (κ3) is 6.91. The summed E-state index contributed by atoms with van der Waals surface area (Å²) in [5.41, 5.74) is 0. The predicted octanol–water partition coefficient (Wildman–Crippen LogP) is 0.148. The summed E-state index contributed by atoms with van der Waals surface area (Å²) in [6.07, 6.45) is 3.08. The number of nitrogens with one attached hydrogen (secondary N) is 1. The minimum Gasteiger partial charge on any atom is -0.412 e. The Hall–Kier alpha value is 0.230. The fourth-order valence-electron chi connectivity index (χ4n) is 1.25. The SMILES string of the molecule is CC(C)C1CCNC1.CS.O.O. The first-order chi connectivity index (χ1) is 4.80. The molecule has 4 heteroatoms. The summed E-state index contributed by atoms with van der Waals surface area (Å²) >= 11 is 3.53. The number of hydrogen-bond donors (Lipinski definition) is 2. The van der Waals surface area contributed by atoms with Gasteiger partial charge in [0.05, 0.1) is 0 Å². The van der Waals surface area contributed by atoms with Crippen molar-refractivity contribution in [1.29, 1.82) is 0 Å². The van der Waals surface area contributed by atoms with Gasteiger partial charge in [-0.3, -0.25) is 0 Å². The lowest BCUT2D eigenvalue weighted by molar-refractivity contribution is 0.419. The number of hydrogen-bond acceptors (Lipinski definition) is 2. The molecule has 0 aromatic rings. The summed E-state index contributed by atoms with van der Waals surface area (Å²) in [4.78, 5) is 0. The van der Waals surface area contributed by atoms with Gasteiger partial charge >= 0.3 is 0 Å². The van der Waals surface area contributed by atoms with Crippen molar-refractivity contribution in [3.8, 4) is 0 Å². The topological polar surface area (TPSA) is 75.0 Å². The second kappa shape index (κ2) is 11.2. The molecule has 1 aliphatic heterocycles. The van der Waals surface area contributed by atoms with Gasteiger partial charge in [0.1, 0.15) is 0 Å². The van der Waals surface area contributed by atoms with Crippen molar-refractivity contribution in [2.75, 3.05) is 19.3 Å². The van der Waals surface area contributed by atoms with Gasteiger partial charge in [-0.15, -0.1) is 0 Å². The van der Waals surface area contributed by atoms with Crippen LogP contribution in [0.1, 0.15) is 20.3 Å². The van der Waals surface area contributed by atoms with Gasteiger partial charge in [-0.25, -0.2) is 0 Å². The molecule has 0 bridgehead atoms. The molecule has 0 saturated carbocycles. The molecule has 0 spiro atoms. The van der Waals surface area contributed by atoms with Crippen molar-refractivity contribution < 1.29 is 11.0 Å². The molecular weight excluding hydrogens is 174 g/mol. The summed E-state index contributed by atoms with van der Waals surface area (Å²) in [7, 11) is 0. The maximum absolute atomic E-state index is 3.53. The van der Waals surface area contributed by atoms with Crippen molar-refractivity contribution in [2.24, 2.45) is 11.8 Å². The van der Waals surface area contributed by atoms with Gasteiger partial charge in [-0.05, 0) is 37.6 Å². The number of thiol groups is 1. The highest BCUT2D eigenvalue weighted by Crippen LogP contribution is 2.16. The molecular formula is C8H23NO2S. The molecule has 1 heterocycles. The minimum absolute atomic E-state index is 0. The summed E-state index contributed by atoms with van der Waals surface area (Å²) < 4.78 is 0. The van der Waals surface area contributed by atoms with E-state index in [2.05, 4.69) is 31.8 Å². The average Bonchev–Trinajstić information content (AvgIpc) is 2.42. The minimum atomic E-state index is 0. The van der Waals surface area contributed by atoms with Crippen molar-refractivity contribution in [3.63, 3.8) is 0 Å². The van der Waals surface area contributed by atoms with Crippen LogP contribution in [0.2, 0.25) is 0 Å². The van der Waals surface area contributed by atoms with E-state index in [4.69, 9.17) is 0 Å². The highest BCUT2D eigenvalue weighted by Gasteiger charge is 2.16. The zero-order chi connectivity index (χ0) is 7.98. The van der Waals surface area contributed by atoms with Crippen LogP contribution in [0.4, 0.5) is 0 Å². The maximum atomic E-state index is 3.53. The van der Waals surface area contributed by atoms with Crippen molar-refractivity contribution in [1.82, 2.24) is 5.32 Å². The maximum Gasteiger partial charge on any atom is -0.00176 e. The highest BCUT2D eigenvalue weighted by molar-refractivity contribution is 7.79. The van der Waals surface area contributed by atoms with Crippen molar-refractivity contribution in [3.05, 3.63) is 0 Å². The zero-order valence-electron chi connectivity index (χ0n) is 8.22. The van der Waals surface area contributed by atoms with Crippen LogP contribution in [0.5, 0.6) is 0 Å². The zero-order valence-corrected chi connectivity index (χ0v) is 9.12. The smallest absolute Gasteiger partial charge is 0.00176 e. The third-order valence-corrected chi connectivity index (χ3v) is 2.04. The van der Waals surface area contributed by atoms with Gasteiger partial charge in [0.2, 0.25) is 0 Å². The molecule has 1 fully saturated rings. The largest absolute Gasteiger partial charge is 0.412 e. The van der Waals surface area contributed by atoms with Crippen LogP contribution in [0, 0.1) is 11.8 Å². The summed E-state index contributed by atoms with van der Waals surface area (Å²) in [6.45, 7) is 7.09. The van der Waals surface area contributed by atoms with E-state index < -0.39 is 0 Å². The lowest BCUT2D eigenvalue weighted by Crippen LogP contribution is -2.12. The van der Waals surface area contributed by atoms with Gasteiger partial charge in [0.15, 0.2) is 0 Å². The molecule has 0 radical (unpaired) electrons. The van der Waals surface area contributed by atoms with E-state index in [1.54, 1.807) is 6.26 Å². The summed E-state index contributed by atoms with van der Waals surface area (Å²) in [6, 6.07) is 0. The van der Waals surface area contributed by atoms with E-state index in [1.165, 1.54) is 19.5 Å². The molecule has 1 aliphatic rings. The second-order valence-electron chi connectivity index (χ2n) is 3.00. The predicted molar refractivity (Wildman–Crippen MR) is 58.0 cm³/mol. The lowest BCUT2D eigenvalue weighted by Gasteiger charge is -2.10. The molecule has 1 atom stereocenters. The van der Waals surface area contributed by atoms with Crippen LogP contribution in [-0.2, 0) is 0 Å². The first-order valence-electron chi connectivity index (χ1n) is 3.96. The standard InChI is InChI=1S/C7H15N.CH4S.2H2O/c1-6(2)7-3-4-8-5-7;1-2;;/h6-8H,3-5H2,1-2H3;2H,1H3;2*1H2. The van der Waals surface area contributed by atoms with E-state index >= 15 is 0 Å². The first kappa shape index (κ1) is 18.1. The van der Waals surface area contributed by atoms with Crippen molar-refractivity contribution >= 4 is 12.6 Å². The Morgan fingerprint density at radius 1 is 1.25 bits per heavy atom.